The topological polar surface area (TPSA) is 151 Å². The molecule has 0 saturated heterocycles. The number of aliphatic hydroxyl groups excluding tert-OH is 1. The SMILES string of the molecule is O=c1[nH]c2ccc([NH+]([O-])O)cc2nc1/C(=N/Nc1ccccc1)C(O)c1ccco1. The lowest BCUT2D eigenvalue weighted by atomic mass is 10.1. The minimum Gasteiger partial charge on any atom is -0.595 e. The van der Waals surface area contributed by atoms with Crippen molar-refractivity contribution in [2.24, 2.45) is 5.10 Å². The maximum Gasteiger partial charge on any atom is 0.276 e. The van der Waals surface area contributed by atoms with Gasteiger partial charge in [-0.25, -0.2) is 10.2 Å². The third-order valence-corrected chi connectivity index (χ3v) is 4.33. The van der Waals surface area contributed by atoms with E-state index in [1.54, 1.807) is 36.4 Å². The molecule has 2 atom stereocenters. The van der Waals surface area contributed by atoms with Crippen LogP contribution in [0.25, 0.3) is 11.0 Å². The summed E-state index contributed by atoms with van der Waals surface area (Å²) in [5.74, 6) is 0.171. The number of anilines is 1. The molecule has 0 aliphatic rings. The van der Waals surface area contributed by atoms with Crippen LogP contribution in [0.4, 0.5) is 11.4 Å². The second-order valence-corrected chi connectivity index (χ2v) is 6.34. The average molecular weight is 407 g/mol. The van der Waals surface area contributed by atoms with Gasteiger partial charge >= 0.3 is 0 Å². The van der Waals surface area contributed by atoms with E-state index in [1.807, 2.05) is 6.07 Å². The van der Waals surface area contributed by atoms with Crippen LogP contribution in [0.15, 0.2) is 81.2 Å². The van der Waals surface area contributed by atoms with Crippen LogP contribution in [0.3, 0.4) is 0 Å². The van der Waals surface area contributed by atoms with Gasteiger partial charge in [0.2, 0.25) is 0 Å². The van der Waals surface area contributed by atoms with Crippen LogP contribution in [0.2, 0.25) is 0 Å². The summed E-state index contributed by atoms with van der Waals surface area (Å²) in [4.78, 5) is 19.6. The predicted octanol–water partition coefficient (Wildman–Crippen LogP) is 1.47. The number of hydrogen-bond acceptors (Lipinski definition) is 8. The number of aromatic amines is 1. The Morgan fingerprint density at radius 2 is 2.00 bits per heavy atom. The second-order valence-electron chi connectivity index (χ2n) is 6.34. The van der Waals surface area contributed by atoms with Crippen LogP contribution < -0.4 is 16.2 Å². The van der Waals surface area contributed by atoms with Crippen LogP contribution in [-0.2, 0) is 0 Å². The number of nitrogens with one attached hydrogen (secondary N) is 3. The lowest BCUT2D eigenvalue weighted by Crippen LogP contribution is -2.99. The maximum atomic E-state index is 12.7. The Morgan fingerprint density at radius 1 is 1.20 bits per heavy atom. The van der Waals surface area contributed by atoms with Gasteiger partial charge in [0.1, 0.15) is 11.5 Å². The number of furan rings is 1. The fourth-order valence-corrected chi connectivity index (χ4v) is 2.85. The molecule has 10 nitrogen and oxygen atoms in total. The summed E-state index contributed by atoms with van der Waals surface area (Å²) in [6.45, 7) is 0. The van der Waals surface area contributed by atoms with E-state index in [0.717, 1.165) is 0 Å². The molecule has 152 valence electrons. The fourth-order valence-electron chi connectivity index (χ4n) is 2.85. The lowest BCUT2D eigenvalue weighted by Gasteiger charge is -2.14. The Balaban J connectivity index is 1.84. The number of rotatable bonds is 6. The number of aliphatic hydroxyl groups is 1. The monoisotopic (exact) mass is 407 g/mol. The Kier molecular flexibility index (Phi) is 5.37. The number of hydrazone groups is 1. The summed E-state index contributed by atoms with van der Waals surface area (Å²) in [7, 11) is 0. The van der Waals surface area contributed by atoms with Crippen molar-refractivity contribution in [3.63, 3.8) is 0 Å². The first-order chi connectivity index (χ1) is 14.5. The summed E-state index contributed by atoms with van der Waals surface area (Å²) >= 11 is 0. The molecule has 0 saturated carbocycles. The van der Waals surface area contributed by atoms with Crippen molar-refractivity contribution >= 4 is 28.1 Å². The van der Waals surface area contributed by atoms with Gasteiger partial charge < -0.3 is 19.7 Å². The van der Waals surface area contributed by atoms with Gasteiger partial charge in [0.05, 0.1) is 23.0 Å². The molecule has 10 heteroatoms. The molecule has 2 unspecified atom stereocenters. The van der Waals surface area contributed by atoms with Gasteiger partial charge in [-0.3, -0.25) is 10.2 Å². The third kappa shape index (κ3) is 3.97. The van der Waals surface area contributed by atoms with E-state index in [9.17, 15) is 20.3 Å². The highest BCUT2D eigenvalue weighted by Gasteiger charge is 2.24. The minimum absolute atomic E-state index is 0.0143. The minimum atomic E-state index is -1.38. The maximum absolute atomic E-state index is 12.7. The predicted molar refractivity (Wildman–Crippen MR) is 108 cm³/mol. The molecular weight excluding hydrogens is 390 g/mol. The standard InChI is InChI=1S/C20H17N5O5/c26-19(16-7-4-10-30-16)17(24-23-12-5-2-1-3-6-12)18-20(27)22-14-9-8-13(25(28)29)11-15(14)21-18/h1-11,19,23,25-26,28H,(H,22,27)/b24-17-. The first-order valence-corrected chi connectivity index (χ1v) is 8.91. The molecule has 0 bridgehead atoms. The van der Waals surface area contributed by atoms with Crippen molar-refractivity contribution in [2.45, 2.75) is 6.10 Å². The van der Waals surface area contributed by atoms with Crippen LogP contribution >= 0.6 is 0 Å². The molecule has 0 amide bonds. The molecule has 2 heterocycles. The molecule has 4 rings (SSSR count). The summed E-state index contributed by atoms with van der Waals surface area (Å²) in [5.41, 5.74) is 3.19. The van der Waals surface area contributed by atoms with Crippen molar-refractivity contribution in [1.82, 2.24) is 9.97 Å². The fraction of sp³-hybridized carbons (Fsp3) is 0.0500. The Bertz CT molecular complexity index is 1240. The Hall–Kier alpha value is -3.83. The Labute approximate surface area is 169 Å². The molecule has 0 aliphatic carbocycles. The molecule has 2 aromatic heterocycles. The highest BCUT2D eigenvalue weighted by Crippen LogP contribution is 2.20. The van der Waals surface area contributed by atoms with Gasteiger partial charge in [-0.15, -0.1) is 0 Å². The molecule has 0 fully saturated rings. The van der Waals surface area contributed by atoms with E-state index in [4.69, 9.17) is 4.42 Å². The van der Waals surface area contributed by atoms with E-state index in [0.29, 0.717) is 11.2 Å². The zero-order chi connectivity index (χ0) is 21.1. The van der Waals surface area contributed by atoms with Crippen molar-refractivity contribution in [3.8, 4) is 0 Å². The number of quaternary nitrogens is 1. The van der Waals surface area contributed by atoms with Gasteiger partial charge in [-0.2, -0.15) is 10.3 Å². The van der Waals surface area contributed by atoms with Crippen LogP contribution in [0.5, 0.6) is 0 Å². The number of hydrogen-bond donors (Lipinski definition) is 5. The third-order valence-electron chi connectivity index (χ3n) is 4.33. The molecule has 5 N–H and O–H groups in total. The molecule has 0 spiro atoms. The zero-order valence-electron chi connectivity index (χ0n) is 15.4. The summed E-state index contributed by atoms with van der Waals surface area (Å²) in [6, 6.07) is 16.3. The highest BCUT2D eigenvalue weighted by molar-refractivity contribution is 6.03. The summed E-state index contributed by atoms with van der Waals surface area (Å²) < 4.78 is 5.25. The molecule has 30 heavy (non-hydrogen) atoms. The smallest absolute Gasteiger partial charge is 0.276 e. The summed E-state index contributed by atoms with van der Waals surface area (Å²) in [5, 5.41) is 34.4. The largest absolute Gasteiger partial charge is 0.595 e. The number of nitrogens with zero attached hydrogens (tertiary/aromatic N) is 2. The molecule has 2 aromatic carbocycles. The molecule has 0 radical (unpaired) electrons. The molecular formula is C20H17N5O5. The van der Waals surface area contributed by atoms with Crippen molar-refractivity contribution < 1.29 is 20.0 Å². The van der Waals surface area contributed by atoms with Crippen molar-refractivity contribution in [2.75, 3.05) is 5.43 Å². The van der Waals surface area contributed by atoms with Gasteiger partial charge in [0.25, 0.3) is 5.56 Å². The highest BCUT2D eigenvalue weighted by atomic mass is 16.8. The molecule has 0 aliphatic heterocycles. The normalized spacial score (nSPS) is 13.9. The van der Waals surface area contributed by atoms with Crippen LogP contribution in [0, 0.1) is 5.21 Å². The molecule has 4 aromatic rings. The first kappa shape index (κ1) is 19.5. The quantitative estimate of drug-likeness (QED) is 0.240. The number of para-hydroxylation sites is 1. The van der Waals surface area contributed by atoms with Crippen molar-refractivity contribution in [3.05, 3.63) is 93.9 Å². The zero-order valence-corrected chi connectivity index (χ0v) is 15.4. The van der Waals surface area contributed by atoms with Gasteiger partial charge in [0.15, 0.2) is 17.5 Å². The van der Waals surface area contributed by atoms with Crippen LogP contribution in [0.1, 0.15) is 17.6 Å². The first-order valence-electron chi connectivity index (χ1n) is 8.91. The van der Waals surface area contributed by atoms with Gasteiger partial charge in [-0.1, -0.05) is 18.2 Å². The number of benzene rings is 2. The number of fused-ring (bicyclic) bond motifs is 1. The van der Waals surface area contributed by atoms with Gasteiger partial charge in [-0.05, 0) is 30.3 Å². The van der Waals surface area contributed by atoms with E-state index >= 15 is 0 Å². The number of H-pyrrole nitrogens is 1. The van der Waals surface area contributed by atoms with Crippen molar-refractivity contribution in [1.29, 1.82) is 0 Å². The summed E-state index contributed by atoms with van der Waals surface area (Å²) in [6.07, 6.45) is 0.00256. The number of aromatic nitrogens is 2. The average Bonchev–Trinajstić information content (AvgIpc) is 3.29. The second kappa shape index (κ2) is 8.27. The van der Waals surface area contributed by atoms with E-state index < -0.39 is 16.9 Å². The van der Waals surface area contributed by atoms with Gasteiger partial charge in [0, 0.05) is 12.1 Å². The Morgan fingerprint density at radius 3 is 2.70 bits per heavy atom. The van der Waals surface area contributed by atoms with E-state index in [1.165, 1.54) is 24.5 Å². The van der Waals surface area contributed by atoms with Crippen LogP contribution in [-0.4, -0.2) is 26.0 Å². The van der Waals surface area contributed by atoms with E-state index in [-0.39, 0.29) is 28.4 Å². The van der Waals surface area contributed by atoms with E-state index in [2.05, 4.69) is 20.5 Å². The lowest BCUT2D eigenvalue weighted by molar-refractivity contribution is -0.991.